The van der Waals surface area contributed by atoms with Gasteiger partial charge in [-0.1, -0.05) is 30.3 Å². The van der Waals surface area contributed by atoms with Crippen LogP contribution in [-0.2, 0) is 19.3 Å². The Morgan fingerprint density at radius 1 is 0.963 bits per heavy atom. The zero-order valence-electron chi connectivity index (χ0n) is 16.2. The SMILES string of the molecule is Cc1cccc(C)c1OCCCc1cccc2[nH]c3c(c12)CCNCC3.Cl. The van der Waals surface area contributed by atoms with Gasteiger partial charge < -0.3 is 15.0 Å². The molecule has 0 spiro atoms. The van der Waals surface area contributed by atoms with Crippen LogP contribution < -0.4 is 10.1 Å². The summed E-state index contributed by atoms with van der Waals surface area (Å²) in [6.07, 6.45) is 4.30. The second kappa shape index (κ2) is 8.81. The number of aromatic nitrogens is 1. The molecule has 0 aliphatic carbocycles. The topological polar surface area (TPSA) is 37.0 Å². The fourth-order valence-electron chi connectivity index (χ4n) is 4.16. The van der Waals surface area contributed by atoms with E-state index in [4.69, 9.17) is 4.74 Å². The molecule has 2 aromatic carbocycles. The van der Waals surface area contributed by atoms with Crippen LogP contribution >= 0.6 is 12.4 Å². The predicted octanol–water partition coefficient (Wildman–Crippen LogP) is 4.91. The van der Waals surface area contributed by atoms with Crippen molar-refractivity contribution in [3.63, 3.8) is 0 Å². The third-order valence-electron chi connectivity index (χ3n) is 5.45. The Kier molecular flexibility index (Phi) is 6.46. The van der Waals surface area contributed by atoms with E-state index in [0.29, 0.717) is 0 Å². The van der Waals surface area contributed by atoms with E-state index in [1.165, 1.54) is 38.9 Å². The standard InChI is InChI=1S/C23H28N2O.ClH/c1-16-6-3-7-17(2)23(16)26-15-5-9-18-8-4-10-21-22(18)19-11-13-24-14-12-20(19)25-21;/h3-4,6-8,10,24-25H,5,9,11-15H2,1-2H3;1H. The number of benzene rings is 2. The summed E-state index contributed by atoms with van der Waals surface area (Å²) in [7, 11) is 0. The monoisotopic (exact) mass is 384 g/mol. The summed E-state index contributed by atoms with van der Waals surface area (Å²) in [5.74, 6) is 1.05. The second-order valence-corrected chi connectivity index (χ2v) is 7.34. The second-order valence-electron chi connectivity index (χ2n) is 7.34. The van der Waals surface area contributed by atoms with Crippen molar-refractivity contribution in [3.8, 4) is 5.75 Å². The molecule has 27 heavy (non-hydrogen) atoms. The molecule has 0 radical (unpaired) electrons. The fraction of sp³-hybridized carbons (Fsp3) is 0.391. The average Bonchev–Trinajstić information content (AvgIpc) is 2.83. The maximum atomic E-state index is 6.10. The van der Waals surface area contributed by atoms with Gasteiger partial charge in [0.05, 0.1) is 6.61 Å². The van der Waals surface area contributed by atoms with Crippen molar-refractivity contribution < 1.29 is 4.74 Å². The van der Waals surface area contributed by atoms with Crippen molar-refractivity contribution in [2.75, 3.05) is 19.7 Å². The first-order valence-electron chi connectivity index (χ1n) is 9.75. The Hall–Kier alpha value is -1.97. The van der Waals surface area contributed by atoms with E-state index in [0.717, 1.165) is 51.1 Å². The summed E-state index contributed by atoms with van der Waals surface area (Å²) < 4.78 is 6.10. The number of aryl methyl sites for hydroxylation is 3. The van der Waals surface area contributed by atoms with Gasteiger partial charge in [-0.25, -0.2) is 0 Å². The Morgan fingerprint density at radius 2 is 1.70 bits per heavy atom. The number of fused-ring (bicyclic) bond motifs is 3. The summed E-state index contributed by atoms with van der Waals surface area (Å²) >= 11 is 0. The van der Waals surface area contributed by atoms with E-state index in [1.54, 1.807) is 0 Å². The summed E-state index contributed by atoms with van der Waals surface area (Å²) in [5, 5.41) is 4.96. The predicted molar refractivity (Wildman–Crippen MR) is 116 cm³/mol. The van der Waals surface area contributed by atoms with Crippen LogP contribution in [0.5, 0.6) is 5.75 Å². The Balaban J connectivity index is 0.00000210. The minimum Gasteiger partial charge on any atom is -0.493 e. The largest absolute Gasteiger partial charge is 0.493 e. The number of para-hydroxylation sites is 1. The molecule has 4 heteroatoms. The minimum atomic E-state index is 0. The Bertz CT molecular complexity index is 896. The van der Waals surface area contributed by atoms with Crippen molar-refractivity contribution in [1.82, 2.24) is 10.3 Å². The van der Waals surface area contributed by atoms with Gasteiger partial charge in [0.15, 0.2) is 0 Å². The molecule has 0 saturated heterocycles. The van der Waals surface area contributed by atoms with Crippen molar-refractivity contribution in [1.29, 1.82) is 0 Å². The third-order valence-corrected chi connectivity index (χ3v) is 5.45. The molecular formula is C23H29ClN2O. The van der Waals surface area contributed by atoms with Crippen LogP contribution in [0, 0.1) is 13.8 Å². The molecule has 0 fully saturated rings. The van der Waals surface area contributed by atoms with Crippen LogP contribution in [0.4, 0.5) is 0 Å². The normalized spacial score (nSPS) is 13.7. The molecule has 0 saturated carbocycles. The third kappa shape index (κ3) is 4.15. The van der Waals surface area contributed by atoms with Crippen molar-refractivity contribution in [2.45, 2.75) is 39.5 Å². The molecule has 0 bridgehead atoms. The van der Waals surface area contributed by atoms with Gasteiger partial charge in [0.1, 0.15) is 5.75 Å². The van der Waals surface area contributed by atoms with E-state index in [2.05, 4.69) is 60.5 Å². The molecule has 0 unspecified atom stereocenters. The van der Waals surface area contributed by atoms with Gasteiger partial charge in [-0.3, -0.25) is 0 Å². The van der Waals surface area contributed by atoms with Crippen LogP contribution in [-0.4, -0.2) is 24.7 Å². The number of ether oxygens (including phenoxy) is 1. The number of hydrogen-bond acceptors (Lipinski definition) is 2. The molecule has 3 aromatic rings. The molecule has 4 rings (SSSR count). The maximum absolute atomic E-state index is 6.10. The van der Waals surface area contributed by atoms with E-state index in [9.17, 15) is 0 Å². The van der Waals surface area contributed by atoms with Gasteiger partial charge in [-0.05, 0) is 68.0 Å². The molecule has 1 aliphatic heterocycles. The summed E-state index contributed by atoms with van der Waals surface area (Å²) in [6.45, 7) is 7.14. The summed E-state index contributed by atoms with van der Waals surface area (Å²) in [5.41, 5.74) is 8.13. The van der Waals surface area contributed by atoms with E-state index >= 15 is 0 Å². The Labute approximate surface area is 167 Å². The molecule has 1 aromatic heterocycles. The highest BCUT2D eigenvalue weighted by Crippen LogP contribution is 2.29. The lowest BCUT2D eigenvalue weighted by Crippen LogP contribution is -2.16. The van der Waals surface area contributed by atoms with Crippen molar-refractivity contribution in [2.24, 2.45) is 0 Å². The van der Waals surface area contributed by atoms with Crippen molar-refractivity contribution >= 4 is 23.3 Å². The quantitative estimate of drug-likeness (QED) is 0.613. The van der Waals surface area contributed by atoms with Crippen LogP contribution in [0.25, 0.3) is 10.9 Å². The van der Waals surface area contributed by atoms with Crippen LogP contribution in [0.3, 0.4) is 0 Å². The Morgan fingerprint density at radius 3 is 2.52 bits per heavy atom. The first kappa shape index (κ1) is 19.8. The highest BCUT2D eigenvalue weighted by Gasteiger charge is 2.16. The molecule has 2 heterocycles. The maximum Gasteiger partial charge on any atom is 0.125 e. The minimum absolute atomic E-state index is 0. The molecule has 2 N–H and O–H groups in total. The van der Waals surface area contributed by atoms with Gasteiger partial charge in [0.2, 0.25) is 0 Å². The lowest BCUT2D eigenvalue weighted by Gasteiger charge is -2.12. The number of nitrogens with one attached hydrogen (secondary N) is 2. The smallest absolute Gasteiger partial charge is 0.125 e. The molecular weight excluding hydrogens is 356 g/mol. The van der Waals surface area contributed by atoms with Crippen LogP contribution in [0.1, 0.15) is 34.4 Å². The summed E-state index contributed by atoms with van der Waals surface area (Å²) in [6, 6.07) is 13.0. The molecule has 3 nitrogen and oxygen atoms in total. The number of halogens is 1. The van der Waals surface area contributed by atoms with Gasteiger partial charge in [-0.2, -0.15) is 0 Å². The molecule has 0 amide bonds. The van der Waals surface area contributed by atoms with E-state index in [1.807, 2.05) is 0 Å². The highest BCUT2D eigenvalue weighted by atomic mass is 35.5. The zero-order chi connectivity index (χ0) is 17.9. The number of aromatic amines is 1. The number of hydrogen-bond donors (Lipinski definition) is 2. The fourth-order valence-corrected chi connectivity index (χ4v) is 4.16. The zero-order valence-corrected chi connectivity index (χ0v) is 17.0. The first-order valence-corrected chi connectivity index (χ1v) is 9.75. The molecule has 1 aliphatic rings. The van der Waals surface area contributed by atoms with Gasteiger partial charge in [-0.15, -0.1) is 12.4 Å². The van der Waals surface area contributed by atoms with E-state index < -0.39 is 0 Å². The lowest BCUT2D eigenvalue weighted by atomic mass is 9.99. The average molecular weight is 385 g/mol. The highest BCUT2D eigenvalue weighted by molar-refractivity contribution is 5.88. The number of rotatable bonds is 5. The van der Waals surface area contributed by atoms with Gasteiger partial charge in [0, 0.05) is 29.6 Å². The first-order chi connectivity index (χ1) is 12.7. The molecule has 0 atom stereocenters. The van der Waals surface area contributed by atoms with Gasteiger partial charge >= 0.3 is 0 Å². The molecule has 144 valence electrons. The van der Waals surface area contributed by atoms with Crippen LogP contribution in [0.2, 0.25) is 0 Å². The van der Waals surface area contributed by atoms with E-state index in [-0.39, 0.29) is 12.4 Å². The lowest BCUT2D eigenvalue weighted by molar-refractivity contribution is 0.307. The van der Waals surface area contributed by atoms with Crippen molar-refractivity contribution in [3.05, 3.63) is 64.3 Å². The van der Waals surface area contributed by atoms with Gasteiger partial charge in [0.25, 0.3) is 0 Å². The summed E-state index contributed by atoms with van der Waals surface area (Å²) in [4.78, 5) is 3.66. The van der Waals surface area contributed by atoms with Crippen LogP contribution in [0.15, 0.2) is 36.4 Å². The number of H-pyrrole nitrogens is 1.